The van der Waals surface area contributed by atoms with Gasteiger partial charge in [-0.2, -0.15) is 0 Å². The van der Waals surface area contributed by atoms with Gasteiger partial charge in [-0.1, -0.05) is 19.1 Å². The number of aryl methyl sites for hydroxylation is 1. The summed E-state index contributed by atoms with van der Waals surface area (Å²) < 4.78 is 2.36. The number of hydrogen-bond acceptors (Lipinski definition) is 2. The highest BCUT2D eigenvalue weighted by Crippen LogP contribution is 2.29. The van der Waals surface area contributed by atoms with Crippen LogP contribution in [0.15, 0.2) is 24.3 Å². The molecule has 1 unspecified atom stereocenters. The molecule has 0 saturated carbocycles. The first kappa shape index (κ1) is 10.8. The normalized spacial score (nSPS) is 18.2. The number of para-hydroxylation sites is 2. The van der Waals surface area contributed by atoms with Gasteiger partial charge in [0.1, 0.15) is 5.82 Å². The molecule has 90 valence electrons. The Labute approximate surface area is 102 Å². The molecule has 0 amide bonds. The molecular formula is C14H19N3. The first-order valence-corrected chi connectivity index (χ1v) is 6.47. The van der Waals surface area contributed by atoms with Crippen molar-refractivity contribution in [1.82, 2.24) is 14.9 Å². The van der Waals surface area contributed by atoms with Gasteiger partial charge in [-0.3, -0.25) is 0 Å². The Morgan fingerprint density at radius 3 is 2.82 bits per heavy atom. The summed E-state index contributed by atoms with van der Waals surface area (Å²) >= 11 is 0. The minimum absolute atomic E-state index is 0.545. The van der Waals surface area contributed by atoms with Crippen LogP contribution in [0.25, 0.3) is 11.0 Å². The van der Waals surface area contributed by atoms with Gasteiger partial charge in [0.15, 0.2) is 0 Å². The third-order valence-corrected chi connectivity index (χ3v) is 3.93. The monoisotopic (exact) mass is 229 g/mol. The topological polar surface area (TPSA) is 29.9 Å². The van der Waals surface area contributed by atoms with E-state index in [9.17, 15) is 0 Å². The molecule has 1 aromatic carbocycles. The minimum atomic E-state index is 0.545. The SMILES string of the molecule is CCn1c(C(C)C2CNC2)nc2ccccc21. The first-order chi connectivity index (χ1) is 8.31. The van der Waals surface area contributed by atoms with Crippen LogP contribution >= 0.6 is 0 Å². The van der Waals surface area contributed by atoms with Crippen molar-refractivity contribution in [2.75, 3.05) is 13.1 Å². The van der Waals surface area contributed by atoms with Gasteiger partial charge in [0.05, 0.1) is 11.0 Å². The first-order valence-electron chi connectivity index (χ1n) is 6.47. The molecule has 0 aliphatic carbocycles. The van der Waals surface area contributed by atoms with Gasteiger partial charge < -0.3 is 9.88 Å². The molecule has 3 nitrogen and oxygen atoms in total. The van der Waals surface area contributed by atoms with E-state index in [1.807, 2.05) is 0 Å². The average Bonchev–Trinajstić information content (AvgIpc) is 2.64. The zero-order valence-electron chi connectivity index (χ0n) is 10.5. The van der Waals surface area contributed by atoms with Crippen LogP contribution in [0.4, 0.5) is 0 Å². The third-order valence-electron chi connectivity index (χ3n) is 3.93. The maximum Gasteiger partial charge on any atom is 0.113 e. The van der Waals surface area contributed by atoms with Crippen LogP contribution in [0.1, 0.15) is 25.6 Å². The lowest BCUT2D eigenvalue weighted by Gasteiger charge is -2.32. The molecule has 3 rings (SSSR count). The molecule has 0 spiro atoms. The molecule has 1 aliphatic rings. The second-order valence-corrected chi connectivity index (χ2v) is 4.91. The molecule has 2 heterocycles. The van der Waals surface area contributed by atoms with Crippen molar-refractivity contribution in [2.45, 2.75) is 26.3 Å². The molecule has 1 atom stereocenters. The summed E-state index contributed by atoms with van der Waals surface area (Å²) in [6.45, 7) is 7.77. The van der Waals surface area contributed by atoms with Gasteiger partial charge >= 0.3 is 0 Å². The summed E-state index contributed by atoms with van der Waals surface area (Å²) in [6, 6.07) is 8.43. The van der Waals surface area contributed by atoms with Gasteiger partial charge in [-0.25, -0.2) is 4.98 Å². The predicted octanol–water partition coefficient (Wildman–Crippen LogP) is 2.38. The molecule has 1 saturated heterocycles. The summed E-state index contributed by atoms with van der Waals surface area (Å²) in [7, 11) is 0. The fourth-order valence-corrected chi connectivity index (χ4v) is 2.65. The van der Waals surface area contributed by atoms with Gasteiger partial charge in [0.25, 0.3) is 0 Å². The maximum atomic E-state index is 4.82. The van der Waals surface area contributed by atoms with E-state index in [1.54, 1.807) is 0 Å². The van der Waals surface area contributed by atoms with Gasteiger partial charge in [0, 0.05) is 12.5 Å². The summed E-state index contributed by atoms with van der Waals surface area (Å²) in [5.74, 6) is 2.54. The Balaban J connectivity index is 2.08. The van der Waals surface area contributed by atoms with E-state index in [-0.39, 0.29) is 0 Å². The van der Waals surface area contributed by atoms with Gasteiger partial charge in [-0.05, 0) is 38.1 Å². The average molecular weight is 229 g/mol. The van der Waals surface area contributed by atoms with E-state index in [4.69, 9.17) is 4.98 Å². The Morgan fingerprint density at radius 2 is 2.18 bits per heavy atom. The number of benzene rings is 1. The van der Waals surface area contributed by atoms with Crippen molar-refractivity contribution >= 4 is 11.0 Å². The van der Waals surface area contributed by atoms with E-state index in [0.29, 0.717) is 5.92 Å². The molecule has 2 aromatic rings. The number of nitrogens with one attached hydrogen (secondary N) is 1. The van der Waals surface area contributed by atoms with Crippen molar-refractivity contribution in [3.63, 3.8) is 0 Å². The number of hydrogen-bond donors (Lipinski definition) is 1. The Morgan fingerprint density at radius 1 is 1.41 bits per heavy atom. The van der Waals surface area contributed by atoms with E-state index in [0.717, 1.165) is 31.1 Å². The second-order valence-electron chi connectivity index (χ2n) is 4.91. The standard InChI is InChI=1S/C14H19N3/c1-3-17-13-7-5-4-6-12(13)16-14(17)10(2)11-8-15-9-11/h4-7,10-11,15H,3,8-9H2,1-2H3. The summed E-state index contributed by atoms with van der Waals surface area (Å²) in [6.07, 6.45) is 0. The van der Waals surface area contributed by atoms with Crippen molar-refractivity contribution in [2.24, 2.45) is 5.92 Å². The predicted molar refractivity (Wildman–Crippen MR) is 70.2 cm³/mol. The lowest BCUT2D eigenvalue weighted by molar-refractivity contribution is 0.292. The summed E-state index contributed by atoms with van der Waals surface area (Å²) in [5.41, 5.74) is 2.40. The molecule has 1 N–H and O–H groups in total. The number of imidazole rings is 1. The van der Waals surface area contributed by atoms with Crippen LogP contribution < -0.4 is 5.32 Å². The highest BCUT2D eigenvalue weighted by atomic mass is 15.1. The lowest BCUT2D eigenvalue weighted by atomic mass is 9.88. The number of aromatic nitrogens is 2. The highest BCUT2D eigenvalue weighted by Gasteiger charge is 2.28. The van der Waals surface area contributed by atoms with E-state index < -0.39 is 0 Å². The quantitative estimate of drug-likeness (QED) is 0.875. The Hall–Kier alpha value is -1.35. The van der Waals surface area contributed by atoms with Crippen molar-refractivity contribution in [3.05, 3.63) is 30.1 Å². The van der Waals surface area contributed by atoms with Gasteiger partial charge in [0.2, 0.25) is 0 Å². The van der Waals surface area contributed by atoms with Gasteiger partial charge in [-0.15, -0.1) is 0 Å². The maximum absolute atomic E-state index is 4.82. The molecule has 0 radical (unpaired) electrons. The third kappa shape index (κ3) is 1.65. The summed E-state index contributed by atoms with van der Waals surface area (Å²) in [4.78, 5) is 4.82. The van der Waals surface area contributed by atoms with Crippen LogP contribution in [-0.4, -0.2) is 22.6 Å². The van der Waals surface area contributed by atoms with Crippen LogP contribution in [0.2, 0.25) is 0 Å². The number of nitrogens with zero attached hydrogens (tertiary/aromatic N) is 2. The van der Waals surface area contributed by atoms with E-state index in [1.165, 1.54) is 11.3 Å². The van der Waals surface area contributed by atoms with Crippen LogP contribution in [0, 0.1) is 5.92 Å². The molecule has 1 fully saturated rings. The van der Waals surface area contributed by atoms with Crippen LogP contribution in [0.5, 0.6) is 0 Å². The lowest BCUT2D eigenvalue weighted by Crippen LogP contribution is -2.45. The van der Waals surface area contributed by atoms with Crippen molar-refractivity contribution < 1.29 is 0 Å². The minimum Gasteiger partial charge on any atom is -0.328 e. The van der Waals surface area contributed by atoms with E-state index >= 15 is 0 Å². The second kappa shape index (κ2) is 4.15. The van der Waals surface area contributed by atoms with Crippen LogP contribution in [0.3, 0.4) is 0 Å². The zero-order valence-corrected chi connectivity index (χ0v) is 10.5. The molecule has 3 heteroatoms. The molecule has 1 aliphatic heterocycles. The fourth-order valence-electron chi connectivity index (χ4n) is 2.65. The molecule has 0 bridgehead atoms. The van der Waals surface area contributed by atoms with Crippen molar-refractivity contribution in [1.29, 1.82) is 0 Å². The molecule has 1 aromatic heterocycles. The number of fused-ring (bicyclic) bond motifs is 1. The van der Waals surface area contributed by atoms with Crippen molar-refractivity contribution in [3.8, 4) is 0 Å². The number of rotatable bonds is 3. The highest BCUT2D eigenvalue weighted by molar-refractivity contribution is 5.76. The Kier molecular flexibility index (Phi) is 2.63. The summed E-state index contributed by atoms with van der Waals surface area (Å²) in [5, 5.41) is 3.35. The largest absolute Gasteiger partial charge is 0.328 e. The van der Waals surface area contributed by atoms with Crippen LogP contribution in [-0.2, 0) is 6.54 Å². The zero-order chi connectivity index (χ0) is 11.8. The smallest absolute Gasteiger partial charge is 0.113 e. The molecule has 17 heavy (non-hydrogen) atoms. The fraction of sp³-hybridized carbons (Fsp3) is 0.500. The van der Waals surface area contributed by atoms with E-state index in [2.05, 4.69) is 48.0 Å². The Bertz CT molecular complexity index is 525. The molecular weight excluding hydrogens is 210 g/mol.